The van der Waals surface area contributed by atoms with E-state index in [1.165, 1.54) is 24.3 Å². The van der Waals surface area contributed by atoms with Crippen molar-refractivity contribution in [1.29, 1.82) is 0 Å². The Bertz CT molecular complexity index is 913. The maximum atomic E-state index is 12.4. The zero-order chi connectivity index (χ0) is 20.7. The molecule has 2 aromatic rings. The van der Waals surface area contributed by atoms with E-state index < -0.39 is 34.0 Å². The molecule has 0 heterocycles. The summed E-state index contributed by atoms with van der Waals surface area (Å²) >= 11 is 0. The summed E-state index contributed by atoms with van der Waals surface area (Å²) in [4.78, 5) is 24.1. The number of amides is 1. The van der Waals surface area contributed by atoms with Crippen molar-refractivity contribution in [3.8, 4) is 5.75 Å². The molecule has 2 aromatic carbocycles. The van der Waals surface area contributed by atoms with Gasteiger partial charge in [-0.3, -0.25) is 9.35 Å². The monoisotopic (exact) mass is 405 g/mol. The van der Waals surface area contributed by atoms with E-state index in [4.69, 9.17) is 16.0 Å². The van der Waals surface area contributed by atoms with E-state index in [0.29, 0.717) is 12.0 Å². The van der Waals surface area contributed by atoms with Crippen LogP contribution in [0.15, 0.2) is 54.6 Å². The van der Waals surface area contributed by atoms with Gasteiger partial charge in [-0.25, -0.2) is 0 Å². The first-order valence-electron chi connectivity index (χ1n) is 8.47. The van der Waals surface area contributed by atoms with Crippen molar-refractivity contribution in [2.75, 3.05) is 0 Å². The Morgan fingerprint density at radius 3 is 2.11 bits per heavy atom. The maximum absolute atomic E-state index is 12.4. The molecule has 0 spiro atoms. The first kappa shape index (κ1) is 21.5. The summed E-state index contributed by atoms with van der Waals surface area (Å²) < 4.78 is 34.3. The van der Waals surface area contributed by atoms with Crippen LogP contribution in [0.5, 0.6) is 5.75 Å². The molecular weight excluding hydrogens is 384 g/mol. The number of Topliss-reactive ketones (excluding diaryl/α,β-unsaturated/α-hetero) is 1. The average molecular weight is 405 g/mol. The molecule has 0 aliphatic rings. The second-order valence-corrected chi connectivity index (χ2v) is 7.39. The van der Waals surface area contributed by atoms with Crippen molar-refractivity contribution < 1.29 is 26.7 Å². The van der Waals surface area contributed by atoms with Crippen molar-refractivity contribution in [3.05, 3.63) is 71.5 Å². The van der Waals surface area contributed by atoms with Gasteiger partial charge in [-0.05, 0) is 36.1 Å². The molecule has 0 radical (unpaired) electrons. The number of nitrogens with one attached hydrogen (secondary N) is 1. The predicted octanol–water partition coefficient (Wildman–Crippen LogP) is 2.13. The molecule has 28 heavy (non-hydrogen) atoms. The number of carbonyl (C=O) groups is 2. The Hall–Kier alpha value is -2.75. The molecule has 8 nitrogen and oxygen atoms in total. The summed E-state index contributed by atoms with van der Waals surface area (Å²) in [6.45, 7) is 0. The fraction of sp³-hybridized carbons (Fsp3) is 0.263. The smallest absolute Gasteiger partial charge is 0.446 e. The predicted molar refractivity (Wildman–Crippen MR) is 103 cm³/mol. The van der Waals surface area contributed by atoms with Crippen molar-refractivity contribution in [2.45, 2.75) is 25.3 Å². The minimum absolute atomic E-state index is 0.0851. The molecule has 4 N–H and O–H groups in total. The van der Waals surface area contributed by atoms with Crippen LogP contribution in [0.25, 0.3) is 5.73 Å². The minimum atomic E-state index is -4.61. The topological polar surface area (TPSA) is 148 Å². The van der Waals surface area contributed by atoms with Gasteiger partial charge in [-0.2, -0.15) is 8.42 Å². The molecule has 0 aliphatic heterocycles. The second-order valence-electron chi connectivity index (χ2n) is 6.37. The molecule has 0 fully saturated rings. The average Bonchev–Trinajstić information content (AvgIpc) is 2.62. The summed E-state index contributed by atoms with van der Waals surface area (Å²) in [5, 5.41) is 0. The van der Waals surface area contributed by atoms with Crippen LogP contribution < -0.4 is 9.92 Å². The van der Waals surface area contributed by atoms with Crippen LogP contribution in [0.3, 0.4) is 0 Å². The van der Waals surface area contributed by atoms with Crippen LogP contribution in [-0.4, -0.2) is 30.7 Å². The Morgan fingerprint density at radius 2 is 1.57 bits per heavy atom. The number of nitrogens with two attached hydrogens (primary N) is 1. The van der Waals surface area contributed by atoms with Gasteiger partial charge in [0, 0.05) is 12.3 Å². The highest BCUT2D eigenvalue weighted by Gasteiger charge is 2.21. The molecular formula is C19H21N2O6S-. The third-order valence-corrected chi connectivity index (χ3v) is 4.53. The van der Waals surface area contributed by atoms with E-state index in [-0.39, 0.29) is 18.6 Å². The van der Waals surface area contributed by atoms with E-state index in [0.717, 1.165) is 5.56 Å². The van der Waals surface area contributed by atoms with E-state index in [1.807, 2.05) is 30.3 Å². The first-order valence-corrected chi connectivity index (χ1v) is 9.83. The molecule has 9 heteroatoms. The molecule has 0 aromatic heterocycles. The zero-order valence-electron chi connectivity index (χ0n) is 14.9. The van der Waals surface area contributed by atoms with Crippen molar-refractivity contribution in [2.24, 2.45) is 11.7 Å². The maximum Gasteiger partial charge on any atom is 0.446 e. The Morgan fingerprint density at radius 1 is 1.00 bits per heavy atom. The van der Waals surface area contributed by atoms with Crippen LogP contribution in [0.2, 0.25) is 0 Å². The first-order chi connectivity index (χ1) is 13.1. The number of hydrogen-bond donors (Lipinski definition) is 2. The third-order valence-electron chi connectivity index (χ3n) is 4.13. The van der Waals surface area contributed by atoms with Gasteiger partial charge in [0.2, 0.25) is 5.91 Å². The molecule has 0 saturated heterocycles. The van der Waals surface area contributed by atoms with Gasteiger partial charge >= 0.3 is 10.4 Å². The number of primary amides is 1. The second kappa shape index (κ2) is 9.45. The Balaban J connectivity index is 1.96. The van der Waals surface area contributed by atoms with Crippen LogP contribution in [0, 0.1) is 5.92 Å². The number of rotatable bonds is 10. The van der Waals surface area contributed by atoms with Crippen molar-refractivity contribution in [1.82, 2.24) is 0 Å². The lowest BCUT2D eigenvalue weighted by Gasteiger charge is -2.21. The van der Waals surface area contributed by atoms with Crippen LogP contribution in [-0.2, 0) is 32.8 Å². The number of carbonyl (C=O) groups excluding carboxylic acids is 2. The normalized spacial score (nSPS) is 13.5. The molecule has 0 aliphatic carbocycles. The van der Waals surface area contributed by atoms with Gasteiger partial charge in [-0.15, -0.1) is 0 Å². The van der Waals surface area contributed by atoms with Gasteiger partial charge in [0.15, 0.2) is 0 Å². The third kappa shape index (κ3) is 7.10. The van der Waals surface area contributed by atoms with Crippen molar-refractivity contribution >= 4 is 22.1 Å². The summed E-state index contributed by atoms with van der Waals surface area (Å²) in [6, 6.07) is 13.7. The van der Waals surface area contributed by atoms with E-state index in [2.05, 4.69) is 4.18 Å². The fourth-order valence-corrected chi connectivity index (χ4v) is 3.06. The highest BCUT2D eigenvalue weighted by atomic mass is 32.3. The Kier molecular flexibility index (Phi) is 7.27. The largest absolute Gasteiger partial charge is 0.668 e. The van der Waals surface area contributed by atoms with Gasteiger partial charge in [0.1, 0.15) is 11.5 Å². The molecule has 0 bridgehead atoms. The molecule has 1 amide bonds. The molecule has 2 atom stereocenters. The summed E-state index contributed by atoms with van der Waals surface area (Å²) in [6.07, 6.45) is 0.292. The molecule has 0 unspecified atom stereocenters. The molecule has 2 rings (SSSR count). The van der Waals surface area contributed by atoms with Crippen LogP contribution in [0.4, 0.5) is 0 Å². The summed E-state index contributed by atoms with van der Waals surface area (Å²) in [7, 11) is -4.61. The number of ketones is 1. The Labute approximate surface area is 163 Å². The lowest BCUT2D eigenvalue weighted by atomic mass is 9.90. The molecule has 150 valence electrons. The summed E-state index contributed by atoms with van der Waals surface area (Å²) in [5.74, 6) is -1.77. The van der Waals surface area contributed by atoms with E-state index >= 15 is 0 Å². The van der Waals surface area contributed by atoms with Crippen LogP contribution >= 0.6 is 0 Å². The van der Waals surface area contributed by atoms with Crippen molar-refractivity contribution in [3.63, 3.8) is 0 Å². The molecule has 0 saturated carbocycles. The van der Waals surface area contributed by atoms with Gasteiger partial charge in [0.25, 0.3) is 0 Å². The highest BCUT2D eigenvalue weighted by Crippen LogP contribution is 2.18. The van der Waals surface area contributed by atoms with Gasteiger partial charge in [0.05, 0.1) is 0 Å². The fourth-order valence-electron chi connectivity index (χ4n) is 2.71. The quantitative estimate of drug-likeness (QED) is 0.579. The SMILES string of the molecule is [NH-][C@@H](Cc1ccc(OS(=O)(=O)O)cc1)C(=O)C[C@@H](Cc1ccccc1)C(N)=O. The number of benzene rings is 2. The van der Waals surface area contributed by atoms with E-state index in [9.17, 15) is 18.0 Å². The lowest BCUT2D eigenvalue weighted by Crippen LogP contribution is -2.31. The van der Waals surface area contributed by atoms with Gasteiger partial charge in [-0.1, -0.05) is 48.5 Å². The number of hydrogen-bond acceptors (Lipinski definition) is 5. The standard InChI is InChI=1S/C19H21N2O6S/c20-17(11-14-6-8-16(9-7-14)27-28(24,25)26)18(22)12-15(19(21)23)10-13-4-2-1-3-5-13/h1-9,15,17,20H,10-12H2,(H2,21,23)(H,24,25,26)/q-1/t15-,17+/m1/s1. The minimum Gasteiger partial charge on any atom is -0.668 e. The van der Waals surface area contributed by atoms with Gasteiger partial charge < -0.3 is 20.4 Å². The van der Waals surface area contributed by atoms with Crippen LogP contribution in [0.1, 0.15) is 17.5 Å². The highest BCUT2D eigenvalue weighted by molar-refractivity contribution is 7.81. The lowest BCUT2D eigenvalue weighted by molar-refractivity contribution is -0.127. The van der Waals surface area contributed by atoms with E-state index in [1.54, 1.807) is 0 Å². The zero-order valence-corrected chi connectivity index (χ0v) is 15.8. The summed E-state index contributed by atoms with van der Waals surface area (Å²) in [5.41, 5.74) is 15.0.